The first-order valence-corrected chi connectivity index (χ1v) is 6.43. The van der Waals surface area contributed by atoms with E-state index in [1.54, 1.807) is 7.05 Å². The lowest BCUT2D eigenvalue weighted by atomic mass is 10.3. The fourth-order valence-electron chi connectivity index (χ4n) is 1.32. The first kappa shape index (κ1) is 13.9. The Morgan fingerprint density at radius 1 is 1.47 bits per heavy atom. The van der Waals surface area contributed by atoms with Crippen molar-refractivity contribution in [3.63, 3.8) is 0 Å². The molecular formula is C11H17BrN4O. The number of nitrogens with zero attached hydrogens (tertiary/aromatic N) is 2. The van der Waals surface area contributed by atoms with Crippen LogP contribution in [0.15, 0.2) is 10.7 Å². The molecule has 0 aliphatic heterocycles. The summed E-state index contributed by atoms with van der Waals surface area (Å²) in [7, 11) is 1.63. The molecule has 0 saturated carbocycles. The van der Waals surface area contributed by atoms with E-state index < -0.39 is 0 Å². The first-order valence-electron chi connectivity index (χ1n) is 5.63. The van der Waals surface area contributed by atoms with Crippen molar-refractivity contribution in [2.45, 2.75) is 26.2 Å². The summed E-state index contributed by atoms with van der Waals surface area (Å²) < 4.78 is 0.762. The summed E-state index contributed by atoms with van der Waals surface area (Å²) >= 11 is 3.35. The summed E-state index contributed by atoms with van der Waals surface area (Å²) in [6.07, 6.45) is 2.29. The van der Waals surface area contributed by atoms with Crippen LogP contribution in [0.25, 0.3) is 0 Å². The molecule has 5 nitrogen and oxygen atoms in total. The molecule has 1 heterocycles. The number of carbonyl (C=O) groups is 1. The van der Waals surface area contributed by atoms with E-state index in [4.69, 9.17) is 0 Å². The molecule has 0 aliphatic rings. The van der Waals surface area contributed by atoms with E-state index in [1.165, 1.54) is 0 Å². The van der Waals surface area contributed by atoms with Crippen LogP contribution >= 0.6 is 15.9 Å². The van der Waals surface area contributed by atoms with Gasteiger partial charge in [-0.2, -0.15) is 0 Å². The second-order valence-electron chi connectivity index (χ2n) is 3.59. The van der Waals surface area contributed by atoms with Crippen LogP contribution in [0, 0.1) is 0 Å². The average Bonchev–Trinajstić information content (AvgIpc) is 2.28. The minimum atomic E-state index is 0.0133. The molecular weight excluding hydrogens is 284 g/mol. The minimum absolute atomic E-state index is 0.0133. The molecule has 1 aromatic rings. The predicted octanol–water partition coefficient (Wildman–Crippen LogP) is 1.74. The standard InChI is InChI=1S/C11H17BrN4O/c1-3-4-9-15-8(12)7-10(16-9)14-6-5-11(17)13-2/h7H,3-6H2,1-2H3,(H,13,17)(H,14,15,16). The van der Waals surface area contributed by atoms with Crippen LogP contribution in [-0.2, 0) is 11.2 Å². The molecule has 0 fully saturated rings. The van der Waals surface area contributed by atoms with Gasteiger partial charge in [-0.05, 0) is 22.4 Å². The third-order valence-corrected chi connectivity index (χ3v) is 2.56. The van der Waals surface area contributed by atoms with Gasteiger partial charge in [0.2, 0.25) is 5.91 Å². The SMILES string of the molecule is CCCc1nc(Br)cc(NCCC(=O)NC)n1. The number of anilines is 1. The molecule has 1 rings (SSSR count). The van der Waals surface area contributed by atoms with Gasteiger partial charge in [0.15, 0.2) is 0 Å². The molecule has 0 atom stereocenters. The van der Waals surface area contributed by atoms with Crippen molar-refractivity contribution in [2.24, 2.45) is 0 Å². The topological polar surface area (TPSA) is 66.9 Å². The van der Waals surface area contributed by atoms with Crippen molar-refractivity contribution in [1.82, 2.24) is 15.3 Å². The molecule has 0 saturated heterocycles. The maximum Gasteiger partial charge on any atom is 0.221 e. The Morgan fingerprint density at radius 3 is 2.88 bits per heavy atom. The van der Waals surface area contributed by atoms with Crippen molar-refractivity contribution >= 4 is 27.7 Å². The molecule has 17 heavy (non-hydrogen) atoms. The number of rotatable bonds is 6. The summed E-state index contributed by atoms with van der Waals surface area (Å²) in [4.78, 5) is 19.7. The van der Waals surface area contributed by atoms with Gasteiger partial charge in [-0.1, -0.05) is 6.92 Å². The Bertz CT molecular complexity index is 384. The molecule has 0 spiro atoms. The number of amides is 1. The van der Waals surface area contributed by atoms with E-state index in [1.807, 2.05) is 6.07 Å². The molecule has 1 amide bonds. The van der Waals surface area contributed by atoms with Gasteiger partial charge in [-0.3, -0.25) is 4.79 Å². The molecule has 0 bridgehead atoms. The van der Waals surface area contributed by atoms with E-state index in [2.05, 4.69) is 43.5 Å². The lowest BCUT2D eigenvalue weighted by molar-refractivity contribution is -0.120. The van der Waals surface area contributed by atoms with E-state index >= 15 is 0 Å². The zero-order valence-electron chi connectivity index (χ0n) is 10.1. The lowest BCUT2D eigenvalue weighted by Gasteiger charge is -2.07. The van der Waals surface area contributed by atoms with Crippen LogP contribution in [0.3, 0.4) is 0 Å². The summed E-state index contributed by atoms with van der Waals surface area (Å²) in [5.74, 6) is 1.57. The van der Waals surface area contributed by atoms with Crippen LogP contribution in [0.1, 0.15) is 25.6 Å². The maximum atomic E-state index is 11.0. The Morgan fingerprint density at radius 2 is 2.24 bits per heavy atom. The molecule has 0 aliphatic carbocycles. The highest BCUT2D eigenvalue weighted by Gasteiger charge is 2.03. The van der Waals surface area contributed by atoms with Gasteiger partial charge >= 0.3 is 0 Å². The Balaban J connectivity index is 2.55. The summed E-state index contributed by atoms with van der Waals surface area (Å²) in [6.45, 7) is 2.65. The molecule has 0 radical (unpaired) electrons. The quantitative estimate of drug-likeness (QED) is 0.785. The van der Waals surface area contributed by atoms with Crippen LogP contribution in [0.4, 0.5) is 5.82 Å². The smallest absolute Gasteiger partial charge is 0.221 e. The van der Waals surface area contributed by atoms with Gasteiger partial charge in [0, 0.05) is 32.5 Å². The number of hydrogen-bond acceptors (Lipinski definition) is 4. The molecule has 94 valence electrons. The number of hydrogen-bond donors (Lipinski definition) is 2. The number of nitrogens with one attached hydrogen (secondary N) is 2. The number of aryl methyl sites for hydroxylation is 1. The highest BCUT2D eigenvalue weighted by atomic mass is 79.9. The molecule has 1 aromatic heterocycles. The monoisotopic (exact) mass is 300 g/mol. The molecule has 6 heteroatoms. The number of carbonyl (C=O) groups excluding carboxylic acids is 1. The number of halogens is 1. The van der Waals surface area contributed by atoms with Crippen LogP contribution in [0.2, 0.25) is 0 Å². The fraction of sp³-hybridized carbons (Fsp3) is 0.545. The van der Waals surface area contributed by atoms with Crippen molar-refractivity contribution in [1.29, 1.82) is 0 Å². The predicted molar refractivity (Wildman–Crippen MR) is 70.9 cm³/mol. The minimum Gasteiger partial charge on any atom is -0.369 e. The number of aromatic nitrogens is 2. The third-order valence-electron chi connectivity index (χ3n) is 2.15. The van der Waals surface area contributed by atoms with E-state index in [0.29, 0.717) is 13.0 Å². The largest absolute Gasteiger partial charge is 0.369 e. The van der Waals surface area contributed by atoms with Crippen LogP contribution in [-0.4, -0.2) is 29.5 Å². The maximum absolute atomic E-state index is 11.0. The Labute approximate surface area is 110 Å². The first-order chi connectivity index (χ1) is 8.15. The van der Waals surface area contributed by atoms with Gasteiger partial charge in [0.05, 0.1) is 0 Å². The average molecular weight is 301 g/mol. The highest BCUT2D eigenvalue weighted by Crippen LogP contribution is 2.13. The summed E-state index contributed by atoms with van der Waals surface area (Å²) in [5.41, 5.74) is 0. The third kappa shape index (κ3) is 5.12. The van der Waals surface area contributed by atoms with Gasteiger partial charge < -0.3 is 10.6 Å². The zero-order chi connectivity index (χ0) is 12.7. The fourth-order valence-corrected chi connectivity index (χ4v) is 1.74. The van der Waals surface area contributed by atoms with Crippen LogP contribution in [0.5, 0.6) is 0 Å². The second-order valence-corrected chi connectivity index (χ2v) is 4.40. The second kappa shape index (κ2) is 7.21. The van der Waals surface area contributed by atoms with Gasteiger partial charge in [-0.15, -0.1) is 0 Å². The van der Waals surface area contributed by atoms with Gasteiger partial charge in [-0.25, -0.2) is 9.97 Å². The van der Waals surface area contributed by atoms with Crippen molar-refractivity contribution in [3.05, 3.63) is 16.5 Å². The van der Waals surface area contributed by atoms with Crippen molar-refractivity contribution in [2.75, 3.05) is 18.9 Å². The van der Waals surface area contributed by atoms with Crippen molar-refractivity contribution in [3.8, 4) is 0 Å². The van der Waals surface area contributed by atoms with Crippen molar-refractivity contribution < 1.29 is 4.79 Å². The molecule has 0 aromatic carbocycles. The summed E-state index contributed by atoms with van der Waals surface area (Å²) in [5, 5.41) is 5.68. The van der Waals surface area contributed by atoms with E-state index in [9.17, 15) is 4.79 Å². The molecule has 0 unspecified atom stereocenters. The Hall–Kier alpha value is -1.17. The van der Waals surface area contributed by atoms with Gasteiger partial charge in [0.1, 0.15) is 16.2 Å². The lowest BCUT2D eigenvalue weighted by Crippen LogP contribution is -2.21. The normalized spacial score (nSPS) is 10.1. The van der Waals surface area contributed by atoms with E-state index in [0.717, 1.165) is 29.1 Å². The van der Waals surface area contributed by atoms with Crippen LogP contribution < -0.4 is 10.6 Å². The highest BCUT2D eigenvalue weighted by molar-refractivity contribution is 9.10. The Kier molecular flexibility index (Phi) is 5.90. The van der Waals surface area contributed by atoms with E-state index in [-0.39, 0.29) is 5.91 Å². The zero-order valence-corrected chi connectivity index (χ0v) is 11.7. The summed E-state index contributed by atoms with van der Waals surface area (Å²) in [6, 6.07) is 1.81. The van der Waals surface area contributed by atoms with Gasteiger partial charge in [0.25, 0.3) is 0 Å². The molecule has 2 N–H and O–H groups in total.